The molecule has 1 fully saturated rings. The molecule has 5 rings (SSSR count). The number of carbonyl (C=O) groups is 2. The fourth-order valence-electron chi connectivity index (χ4n) is 5.33. The Hall–Kier alpha value is -3.40. The number of hydrogen-bond donors (Lipinski definition) is 1. The van der Waals surface area contributed by atoms with E-state index in [1.807, 2.05) is 18.2 Å². The fraction of sp³-hybridized carbons (Fsp3) is 0.333. The molecule has 0 saturated heterocycles. The normalized spacial score (nSPS) is 19.1. The van der Waals surface area contributed by atoms with E-state index in [4.69, 9.17) is 4.74 Å². The van der Waals surface area contributed by atoms with Crippen LogP contribution in [0.3, 0.4) is 0 Å². The van der Waals surface area contributed by atoms with E-state index in [1.54, 1.807) is 0 Å². The van der Waals surface area contributed by atoms with E-state index < -0.39 is 0 Å². The summed E-state index contributed by atoms with van der Waals surface area (Å²) in [5.74, 6) is 0.589. The molecule has 0 heterocycles. The number of carbonyl (C=O) groups excluding carboxylic acids is 2. The Bertz CT molecular complexity index is 1100. The van der Waals surface area contributed by atoms with Crippen LogP contribution in [0.5, 0.6) is 0 Å². The van der Waals surface area contributed by atoms with Crippen LogP contribution < -0.4 is 5.32 Å². The smallest absolute Gasteiger partial charge is 0.407 e. The Morgan fingerprint density at radius 2 is 1.59 bits per heavy atom. The number of aldehydes is 1. The maximum atomic E-state index is 12.8. The molecule has 3 aromatic rings. The first kappa shape index (κ1) is 22.4. The van der Waals surface area contributed by atoms with Crippen LogP contribution in [-0.4, -0.2) is 25.0 Å². The van der Waals surface area contributed by atoms with E-state index in [0.29, 0.717) is 12.5 Å². The third-order valence-corrected chi connectivity index (χ3v) is 7.27. The zero-order chi connectivity index (χ0) is 23.3. The van der Waals surface area contributed by atoms with Crippen LogP contribution in [0.2, 0.25) is 0 Å². The summed E-state index contributed by atoms with van der Waals surface area (Å²) in [6.07, 6.45) is 5.30. The molecule has 3 aromatic carbocycles. The molecule has 174 valence electrons. The molecule has 4 heteroatoms. The molecule has 0 aliphatic heterocycles. The van der Waals surface area contributed by atoms with Gasteiger partial charge in [0.2, 0.25) is 0 Å². The van der Waals surface area contributed by atoms with Gasteiger partial charge >= 0.3 is 6.09 Å². The lowest BCUT2D eigenvalue weighted by molar-refractivity contribution is -0.109. The van der Waals surface area contributed by atoms with Gasteiger partial charge in [0, 0.05) is 17.9 Å². The minimum Gasteiger partial charge on any atom is -0.449 e. The Balaban J connectivity index is 1.19. The molecular weight excluding hydrogens is 422 g/mol. The predicted molar refractivity (Wildman–Crippen MR) is 134 cm³/mol. The molecule has 0 bridgehead atoms. The van der Waals surface area contributed by atoms with E-state index in [2.05, 4.69) is 66.0 Å². The van der Waals surface area contributed by atoms with Crippen LogP contribution in [0, 0.1) is 11.8 Å². The second-order valence-electron chi connectivity index (χ2n) is 9.58. The Kier molecular flexibility index (Phi) is 6.75. The Morgan fingerprint density at radius 3 is 2.24 bits per heavy atom. The predicted octanol–water partition coefficient (Wildman–Crippen LogP) is 6.14. The highest BCUT2D eigenvalue weighted by molar-refractivity contribution is 5.79. The van der Waals surface area contributed by atoms with E-state index in [1.165, 1.54) is 27.8 Å². The number of nitrogens with one attached hydrogen (secondary N) is 1. The summed E-state index contributed by atoms with van der Waals surface area (Å²) in [6, 6.07) is 27.1. The van der Waals surface area contributed by atoms with Crippen molar-refractivity contribution in [3.05, 3.63) is 95.6 Å². The third kappa shape index (κ3) is 5.06. The van der Waals surface area contributed by atoms with Crippen molar-refractivity contribution in [2.75, 3.05) is 6.61 Å². The topological polar surface area (TPSA) is 55.4 Å². The van der Waals surface area contributed by atoms with Crippen LogP contribution in [0.15, 0.2) is 78.9 Å². The van der Waals surface area contributed by atoms with Gasteiger partial charge in [-0.15, -0.1) is 0 Å². The quantitative estimate of drug-likeness (QED) is 0.375. The fourth-order valence-corrected chi connectivity index (χ4v) is 5.33. The summed E-state index contributed by atoms with van der Waals surface area (Å²) in [4.78, 5) is 23.9. The maximum absolute atomic E-state index is 12.8. The largest absolute Gasteiger partial charge is 0.449 e. The van der Waals surface area contributed by atoms with Gasteiger partial charge in [-0.05, 0) is 65.8 Å². The van der Waals surface area contributed by atoms with E-state index >= 15 is 0 Å². The lowest BCUT2D eigenvalue weighted by Crippen LogP contribution is -2.36. The molecule has 0 radical (unpaired) electrons. The third-order valence-electron chi connectivity index (χ3n) is 7.27. The van der Waals surface area contributed by atoms with Crippen LogP contribution in [0.1, 0.15) is 48.3 Å². The van der Waals surface area contributed by atoms with Crippen molar-refractivity contribution in [2.24, 2.45) is 11.8 Å². The van der Waals surface area contributed by atoms with E-state index in [0.717, 1.165) is 38.4 Å². The number of rotatable bonds is 10. The van der Waals surface area contributed by atoms with Gasteiger partial charge in [0.05, 0.1) is 0 Å². The molecule has 2 aliphatic rings. The molecule has 0 spiro atoms. The summed E-state index contributed by atoms with van der Waals surface area (Å²) in [5, 5.41) is 3.11. The number of alkyl carbamates (subject to hydrolysis) is 1. The maximum Gasteiger partial charge on any atom is 0.407 e. The van der Waals surface area contributed by atoms with Gasteiger partial charge in [0.15, 0.2) is 0 Å². The van der Waals surface area contributed by atoms with Crippen LogP contribution in [-0.2, 0) is 16.0 Å². The van der Waals surface area contributed by atoms with Crippen molar-refractivity contribution in [1.29, 1.82) is 0 Å². The average molecular weight is 454 g/mol. The second-order valence-corrected chi connectivity index (χ2v) is 9.58. The van der Waals surface area contributed by atoms with Crippen molar-refractivity contribution < 1.29 is 14.3 Å². The van der Waals surface area contributed by atoms with Crippen molar-refractivity contribution in [3.8, 4) is 11.1 Å². The van der Waals surface area contributed by atoms with E-state index in [9.17, 15) is 9.59 Å². The highest BCUT2D eigenvalue weighted by Crippen LogP contribution is 2.44. The highest BCUT2D eigenvalue weighted by atomic mass is 16.5. The van der Waals surface area contributed by atoms with Crippen LogP contribution >= 0.6 is 0 Å². The molecule has 1 N–H and O–H groups in total. The number of fused-ring (bicyclic) bond motifs is 3. The first-order valence-corrected chi connectivity index (χ1v) is 12.3. The zero-order valence-electron chi connectivity index (χ0n) is 19.4. The SMILES string of the molecule is O=C[C@H]1C[C@H]1C[C@@H](CCCc1ccccc1)NC(=O)OCC1c2ccccc2-c2ccccc21. The summed E-state index contributed by atoms with van der Waals surface area (Å²) in [5.41, 5.74) is 6.17. The molecular formula is C30H31NO3. The summed E-state index contributed by atoms with van der Waals surface area (Å²) in [7, 11) is 0. The van der Waals surface area contributed by atoms with Crippen LogP contribution in [0.4, 0.5) is 4.79 Å². The van der Waals surface area contributed by atoms with Gasteiger partial charge in [0.1, 0.15) is 12.9 Å². The second kappa shape index (κ2) is 10.3. The van der Waals surface area contributed by atoms with Gasteiger partial charge in [0.25, 0.3) is 0 Å². The highest BCUT2D eigenvalue weighted by Gasteiger charge is 2.38. The number of ether oxygens (including phenoxy) is 1. The van der Waals surface area contributed by atoms with Gasteiger partial charge in [-0.3, -0.25) is 0 Å². The standard InChI is InChI=1S/C30H31NO3/c32-19-23-17-22(23)18-24(12-8-11-21-9-2-1-3-10-21)31-30(33)34-20-29-27-15-6-4-13-25(27)26-14-5-7-16-28(26)29/h1-7,9-10,13-16,19,22-24,29H,8,11-12,17-18,20H2,(H,31,33)/t22-,23+,24+/m0/s1. The molecule has 4 nitrogen and oxygen atoms in total. The molecule has 0 aromatic heterocycles. The number of amides is 1. The Labute approximate surface area is 201 Å². The van der Waals surface area contributed by atoms with Crippen molar-refractivity contribution in [2.45, 2.75) is 44.1 Å². The Morgan fingerprint density at radius 1 is 0.941 bits per heavy atom. The minimum atomic E-state index is -0.366. The van der Waals surface area contributed by atoms with Gasteiger partial charge < -0.3 is 14.8 Å². The van der Waals surface area contributed by atoms with Gasteiger partial charge in [-0.25, -0.2) is 4.79 Å². The molecule has 1 amide bonds. The number of hydrogen-bond acceptors (Lipinski definition) is 3. The number of benzene rings is 3. The molecule has 2 aliphatic carbocycles. The first-order valence-electron chi connectivity index (χ1n) is 12.3. The molecule has 0 unspecified atom stereocenters. The lowest BCUT2D eigenvalue weighted by atomic mass is 9.98. The zero-order valence-corrected chi connectivity index (χ0v) is 19.4. The average Bonchev–Trinajstić information content (AvgIpc) is 3.55. The van der Waals surface area contributed by atoms with Gasteiger partial charge in [-0.1, -0.05) is 78.9 Å². The summed E-state index contributed by atoms with van der Waals surface area (Å²) >= 11 is 0. The molecule has 34 heavy (non-hydrogen) atoms. The van der Waals surface area contributed by atoms with Crippen LogP contribution in [0.25, 0.3) is 11.1 Å². The van der Waals surface area contributed by atoms with Crippen molar-refractivity contribution >= 4 is 12.4 Å². The minimum absolute atomic E-state index is 0.0225. The van der Waals surface area contributed by atoms with E-state index in [-0.39, 0.29) is 24.0 Å². The monoisotopic (exact) mass is 453 g/mol. The van der Waals surface area contributed by atoms with Crippen molar-refractivity contribution in [1.82, 2.24) is 5.32 Å². The summed E-state index contributed by atoms with van der Waals surface area (Å²) in [6.45, 7) is 0.316. The number of aryl methyl sites for hydroxylation is 1. The molecule has 1 saturated carbocycles. The lowest BCUT2D eigenvalue weighted by Gasteiger charge is -2.20. The summed E-state index contributed by atoms with van der Waals surface area (Å²) < 4.78 is 5.77. The van der Waals surface area contributed by atoms with Gasteiger partial charge in [-0.2, -0.15) is 0 Å². The van der Waals surface area contributed by atoms with Crippen molar-refractivity contribution in [3.63, 3.8) is 0 Å². The first-order chi connectivity index (χ1) is 16.7. The molecule has 3 atom stereocenters.